The van der Waals surface area contributed by atoms with E-state index in [2.05, 4.69) is 20.9 Å². The van der Waals surface area contributed by atoms with Gasteiger partial charge in [-0.1, -0.05) is 23.4 Å². The molecule has 2 atom stereocenters. The van der Waals surface area contributed by atoms with Crippen molar-refractivity contribution in [3.05, 3.63) is 42.2 Å². The number of carbonyl (C=O) groups is 1. The first kappa shape index (κ1) is 17.2. The smallest absolute Gasteiger partial charge is 0.221 e. The Bertz CT molecular complexity index is 758. The van der Waals surface area contributed by atoms with Crippen LogP contribution < -0.4 is 10.6 Å². The Labute approximate surface area is 154 Å². The van der Waals surface area contributed by atoms with Crippen molar-refractivity contribution >= 4 is 5.91 Å². The zero-order valence-corrected chi connectivity index (χ0v) is 15.5. The number of benzene rings is 1. The van der Waals surface area contributed by atoms with E-state index >= 15 is 0 Å². The monoisotopic (exact) mass is 353 g/mol. The Hall–Kier alpha value is -2.21. The molecule has 6 heteroatoms. The van der Waals surface area contributed by atoms with Gasteiger partial charge in [0, 0.05) is 18.5 Å². The lowest BCUT2D eigenvalue weighted by Gasteiger charge is -2.30. The van der Waals surface area contributed by atoms with Crippen molar-refractivity contribution in [3.63, 3.8) is 0 Å². The van der Waals surface area contributed by atoms with Crippen LogP contribution in [0.3, 0.4) is 0 Å². The number of fused-ring (bicyclic) bond motifs is 2. The molecule has 3 heterocycles. The SMILES string of the molecule is CC(C)(NC(=O)CC1CC2CCC(C1)N2)c1cn(-c2ccccc2)nn1. The van der Waals surface area contributed by atoms with Gasteiger partial charge < -0.3 is 10.6 Å². The average molecular weight is 353 g/mol. The first-order valence-corrected chi connectivity index (χ1v) is 9.55. The third-order valence-corrected chi connectivity index (χ3v) is 5.65. The summed E-state index contributed by atoms with van der Waals surface area (Å²) in [6.45, 7) is 3.97. The van der Waals surface area contributed by atoms with Crippen LogP contribution in [0.4, 0.5) is 0 Å². The zero-order valence-electron chi connectivity index (χ0n) is 15.5. The van der Waals surface area contributed by atoms with Gasteiger partial charge in [-0.15, -0.1) is 5.10 Å². The number of nitrogens with zero attached hydrogens (tertiary/aromatic N) is 3. The number of carbonyl (C=O) groups excluding carboxylic acids is 1. The van der Waals surface area contributed by atoms with E-state index in [1.165, 1.54) is 12.8 Å². The molecule has 2 aliphatic rings. The number of aromatic nitrogens is 3. The maximum absolute atomic E-state index is 12.6. The van der Waals surface area contributed by atoms with Gasteiger partial charge in [0.1, 0.15) is 5.69 Å². The average Bonchev–Trinajstić information content (AvgIpc) is 3.22. The van der Waals surface area contributed by atoms with Crippen LogP contribution in [-0.4, -0.2) is 33.0 Å². The van der Waals surface area contributed by atoms with Gasteiger partial charge in [0.25, 0.3) is 0 Å². The summed E-state index contributed by atoms with van der Waals surface area (Å²) in [5.74, 6) is 0.597. The quantitative estimate of drug-likeness (QED) is 0.866. The maximum atomic E-state index is 12.6. The van der Waals surface area contributed by atoms with E-state index in [9.17, 15) is 4.79 Å². The third kappa shape index (κ3) is 3.65. The minimum atomic E-state index is -0.546. The lowest BCUT2D eigenvalue weighted by Crippen LogP contribution is -2.44. The molecule has 2 bridgehead atoms. The topological polar surface area (TPSA) is 71.8 Å². The van der Waals surface area contributed by atoms with Crippen LogP contribution in [0, 0.1) is 5.92 Å². The van der Waals surface area contributed by atoms with E-state index < -0.39 is 5.54 Å². The van der Waals surface area contributed by atoms with E-state index in [-0.39, 0.29) is 5.91 Å². The molecule has 2 fully saturated rings. The summed E-state index contributed by atoms with van der Waals surface area (Å²) in [6, 6.07) is 11.1. The van der Waals surface area contributed by atoms with Crippen molar-refractivity contribution < 1.29 is 4.79 Å². The largest absolute Gasteiger partial charge is 0.345 e. The molecule has 1 aromatic carbocycles. The summed E-state index contributed by atoms with van der Waals surface area (Å²) in [5, 5.41) is 15.3. The summed E-state index contributed by atoms with van der Waals surface area (Å²) in [4.78, 5) is 12.6. The molecule has 0 saturated carbocycles. The molecule has 2 N–H and O–H groups in total. The molecule has 2 aromatic rings. The Morgan fingerprint density at radius 1 is 1.23 bits per heavy atom. The van der Waals surface area contributed by atoms with Gasteiger partial charge in [0.05, 0.1) is 17.4 Å². The third-order valence-electron chi connectivity index (χ3n) is 5.65. The molecule has 1 amide bonds. The van der Waals surface area contributed by atoms with Crippen molar-refractivity contribution in [2.24, 2.45) is 5.92 Å². The highest BCUT2D eigenvalue weighted by atomic mass is 16.1. The number of piperidine rings is 1. The molecule has 0 aliphatic carbocycles. The van der Waals surface area contributed by atoms with Crippen LogP contribution in [0.2, 0.25) is 0 Å². The van der Waals surface area contributed by atoms with Crippen LogP contribution >= 0.6 is 0 Å². The first-order chi connectivity index (χ1) is 12.5. The van der Waals surface area contributed by atoms with Gasteiger partial charge >= 0.3 is 0 Å². The molecule has 2 saturated heterocycles. The van der Waals surface area contributed by atoms with Crippen LogP contribution in [0.25, 0.3) is 5.69 Å². The number of rotatable bonds is 5. The van der Waals surface area contributed by atoms with Crippen molar-refractivity contribution in [2.75, 3.05) is 0 Å². The second-order valence-electron chi connectivity index (χ2n) is 8.24. The predicted molar refractivity (Wildman–Crippen MR) is 99.8 cm³/mol. The van der Waals surface area contributed by atoms with Gasteiger partial charge in [-0.2, -0.15) is 0 Å². The summed E-state index contributed by atoms with van der Waals surface area (Å²) < 4.78 is 1.74. The highest BCUT2D eigenvalue weighted by molar-refractivity contribution is 5.77. The maximum Gasteiger partial charge on any atom is 0.221 e. The summed E-state index contributed by atoms with van der Waals surface area (Å²) in [6.07, 6.45) is 7.25. The number of amides is 1. The predicted octanol–water partition coefficient (Wildman–Crippen LogP) is 2.54. The number of nitrogens with one attached hydrogen (secondary N) is 2. The lowest BCUT2D eigenvalue weighted by atomic mass is 9.89. The van der Waals surface area contributed by atoms with Gasteiger partial charge in [0.2, 0.25) is 5.91 Å². The molecular weight excluding hydrogens is 326 g/mol. The highest BCUT2D eigenvalue weighted by Crippen LogP contribution is 2.33. The molecule has 6 nitrogen and oxygen atoms in total. The molecule has 4 rings (SSSR count). The van der Waals surface area contributed by atoms with Gasteiger partial charge in [-0.05, 0) is 57.6 Å². The van der Waals surface area contributed by atoms with Crippen LogP contribution in [0.1, 0.15) is 51.6 Å². The molecule has 26 heavy (non-hydrogen) atoms. The summed E-state index contributed by atoms with van der Waals surface area (Å²) >= 11 is 0. The second-order valence-corrected chi connectivity index (χ2v) is 8.24. The fourth-order valence-corrected chi connectivity index (χ4v) is 4.32. The summed E-state index contributed by atoms with van der Waals surface area (Å²) in [5.41, 5.74) is 1.18. The standard InChI is InChI=1S/C20H27N5O/c1-20(2,18-13-25(24-23-18)17-6-4-3-5-7-17)22-19(26)12-14-10-15-8-9-16(11-14)21-15/h3-7,13-16,21H,8-12H2,1-2H3,(H,22,26). The molecule has 0 radical (unpaired) electrons. The molecular formula is C20H27N5O. The zero-order chi connectivity index (χ0) is 18.1. The molecule has 0 spiro atoms. The van der Waals surface area contributed by atoms with Crippen molar-refractivity contribution in [1.29, 1.82) is 0 Å². The number of hydrogen-bond donors (Lipinski definition) is 2. The van der Waals surface area contributed by atoms with Crippen LogP contribution in [0.15, 0.2) is 36.5 Å². The number of para-hydroxylation sites is 1. The first-order valence-electron chi connectivity index (χ1n) is 9.55. The van der Waals surface area contributed by atoms with E-state index in [1.54, 1.807) is 4.68 Å². The Morgan fingerprint density at radius 3 is 2.62 bits per heavy atom. The molecule has 1 aromatic heterocycles. The second kappa shape index (κ2) is 6.83. The number of hydrogen-bond acceptors (Lipinski definition) is 4. The highest BCUT2D eigenvalue weighted by Gasteiger charge is 2.35. The van der Waals surface area contributed by atoms with Crippen LogP contribution in [-0.2, 0) is 10.3 Å². The summed E-state index contributed by atoms with van der Waals surface area (Å²) in [7, 11) is 0. The van der Waals surface area contributed by atoms with E-state index in [1.807, 2.05) is 50.4 Å². The Balaban J connectivity index is 1.39. The molecule has 2 aliphatic heterocycles. The molecule has 2 unspecified atom stereocenters. The Morgan fingerprint density at radius 2 is 1.92 bits per heavy atom. The Kier molecular flexibility index (Phi) is 4.53. The van der Waals surface area contributed by atoms with Crippen molar-refractivity contribution in [3.8, 4) is 5.69 Å². The van der Waals surface area contributed by atoms with E-state index in [0.717, 1.165) is 24.2 Å². The lowest BCUT2D eigenvalue weighted by molar-refractivity contribution is -0.124. The molecule has 138 valence electrons. The minimum Gasteiger partial charge on any atom is -0.345 e. The fraction of sp³-hybridized carbons (Fsp3) is 0.550. The minimum absolute atomic E-state index is 0.107. The van der Waals surface area contributed by atoms with E-state index in [0.29, 0.717) is 24.4 Å². The van der Waals surface area contributed by atoms with Crippen LogP contribution in [0.5, 0.6) is 0 Å². The van der Waals surface area contributed by atoms with Crippen molar-refractivity contribution in [2.45, 2.75) is 63.6 Å². The van der Waals surface area contributed by atoms with Crippen molar-refractivity contribution in [1.82, 2.24) is 25.6 Å². The fourth-order valence-electron chi connectivity index (χ4n) is 4.32. The normalized spacial score (nSPS) is 25.2. The van der Waals surface area contributed by atoms with Gasteiger partial charge in [-0.25, -0.2) is 4.68 Å². The van der Waals surface area contributed by atoms with Gasteiger partial charge in [-0.3, -0.25) is 4.79 Å². The van der Waals surface area contributed by atoms with E-state index in [4.69, 9.17) is 0 Å². The van der Waals surface area contributed by atoms with Gasteiger partial charge in [0.15, 0.2) is 0 Å².